The highest BCUT2D eigenvalue weighted by Gasteiger charge is 2.19. The van der Waals surface area contributed by atoms with Crippen LogP contribution >= 0.6 is 11.3 Å². The summed E-state index contributed by atoms with van der Waals surface area (Å²) in [5, 5.41) is 2.00. The maximum atomic E-state index is 11.6. The third kappa shape index (κ3) is 4.16. The predicted octanol–water partition coefficient (Wildman–Crippen LogP) is 4.82. The van der Waals surface area contributed by atoms with Crippen molar-refractivity contribution in [3.63, 3.8) is 0 Å². The third-order valence-electron chi connectivity index (χ3n) is 4.55. The van der Waals surface area contributed by atoms with Crippen molar-refractivity contribution in [3.05, 3.63) is 55.1 Å². The molecule has 0 aliphatic carbocycles. The number of hydrogen-bond donors (Lipinski definition) is 0. The van der Waals surface area contributed by atoms with E-state index in [1.54, 1.807) is 13.2 Å². The van der Waals surface area contributed by atoms with Crippen molar-refractivity contribution in [2.75, 3.05) is 20.8 Å². The van der Waals surface area contributed by atoms with Gasteiger partial charge < -0.3 is 18.9 Å². The van der Waals surface area contributed by atoms with Gasteiger partial charge in [-0.05, 0) is 30.5 Å². The number of fused-ring (bicyclic) bond motifs is 3. The van der Waals surface area contributed by atoms with Crippen molar-refractivity contribution in [1.29, 1.82) is 0 Å². The fourth-order valence-electron chi connectivity index (χ4n) is 3.22. The molecule has 0 saturated carbocycles. The Bertz CT molecular complexity index is 1130. The van der Waals surface area contributed by atoms with Crippen LogP contribution in [0.2, 0.25) is 0 Å². The lowest BCUT2D eigenvalue weighted by Gasteiger charge is -2.10. The van der Waals surface area contributed by atoms with E-state index in [0.717, 1.165) is 43.6 Å². The highest BCUT2D eigenvalue weighted by Crippen LogP contribution is 2.47. The summed E-state index contributed by atoms with van der Waals surface area (Å²) >= 11 is 1.51. The van der Waals surface area contributed by atoms with Crippen molar-refractivity contribution in [2.45, 2.75) is 12.8 Å². The standard InChI is InChI=1S/C23H22O6S/c1-5-18(24)28-13-7-8-14-9-10-15-16-11-12-17(29-19(25)6-2)21(27-4)23(16)30-22(15)20(14)26-3/h5-6,9-12H,1-2,7-8,13H2,3-4H3. The molecule has 0 unspecified atom stereocenters. The number of benzene rings is 2. The van der Waals surface area contributed by atoms with Crippen molar-refractivity contribution in [2.24, 2.45) is 0 Å². The molecule has 156 valence electrons. The second kappa shape index (κ2) is 9.45. The predicted molar refractivity (Wildman–Crippen MR) is 118 cm³/mol. The van der Waals surface area contributed by atoms with Crippen LogP contribution in [0, 0.1) is 0 Å². The van der Waals surface area contributed by atoms with Crippen LogP contribution in [-0.2, 0) is 20.7 Å². The number of thiophene rings is 1. The fraction of sp³-hybridized carbons (Fsp3) is 0.217. The molecule has 7 heteroatoms. The molecule has 30 heavy (non-hydrogen) atoms. The smallest absolute Gasteiger partial charge is 0.335 e. The van der Waals surface area contributed by atoms with Gasteiger partial charge in [0, 0.05) is 22.9 Å². The SMILES string of the molecule is C=CC(=O)OCCCc1ccc2c(sc3c(OC)c(OC(=O)C=C)ccc32)c1OC. The van der Waals surface area contributed by atoms with Gasteiger partial charge in [0.2, 0.25) is 0 Å². The largest absolute Gasteiger partial charge is 0.495 e. The number of rotatable bonds is 9. The van der Waals surface area contributed by atoms with Gasteiger partial charge in [0.05, 0.1) is 30.2 Å². The van der Waals surface area contributed by atoms with Crippen LogP contribution in [0.15, 0.2) is 49.6 Å². The third-order valence-corrected chi connectivity index (χ3v) is 5.77. The average Bonchev–Trinajstić information content (AvgIpc) is 3.14. The van der Waals surface area contributed by atoms with E-state index in [1.807, 2.05) is 18.2 Å². The zero-order valence-corrected chi connectivity index (χ0v) is 17.7. The summed E-state index contributed by atoms with van der Waals surface area (Å²) in [5.74, 6) is 0.622. The molecule has 6 nitrogen and oxygen atoms in total. The Balaban J connectivity index is 2.00. The molecule has 0 spiro atoms. The minimum atomic E-state index is -0.550. The van der Waals surface area contributed by atoms with E-state index < -0.39 is 11.9 Å². The Morgan fingerprint density at radius 3 is 2.20 bits per heavy atom. The van der Waals surface area contributed by atoms with E-state index in [-0.39, 0.29) is 0 Å². The number of carbonyl (C=O) groups is 2. The van der Waals surface area contributed by atoms with Gasteiger partial charge >= 0.3 is 11.9 Å². The summed E-state index contributed by atoms with van der Waals surface area (Å²) < 4.78 is 23.5. The normalized spacial score (nSPS) is 10.6. The van der Waals surface area contributed by atoms with Crippen LogP contribution in [0.4, 0.5) is 0 Å². The quantitative estimate of drug-likeness (QED) is 0.211. The lowest BCUT2D eigenvalue weighted by atomic mass is 10.0. The first kappa shape index (κ1) is 21.4. The molecule has 0 fully saturated rings. The van der Waals surface area contributed by atoms with Crippen LogP contribution in [0.3, 0.4) is 0 Å². The van der Waals surface area contributed by atoms with E-state index in [0.29, 0.717) is 30.9 Å². The highest BCUT2D eigenvalue weighted by molar-refractivity contribution is 7.26. The monoisotopic (exact) mass is 426 g/mol. The summed E-state index contributed by atoms with van der Waals surface area (Å²) in [6, 6.07) is 7.66. The molecule has 0 radical (unpaired) electrons. The highest BCUT2D eigenvalue weighted by atomic mass is 32.1. The lowest BCUT2D eigenvalue weighted by Crippen LogP contribution is -2.04. The Hall–Kier alpha value is -3.32. The molecule has 3 aromatic rings. The van der Waals surface area contributed by atoms with Gasteiger partial charge in [0.1, 0.15) is 5.75 Å². The van der Waals surface area contributed by atoms with E-state index >= 15 is 0 Å². The summed E-state index contributed by atoms with van der Waals surface area (Å²) in [5.41, 5.74) is 1.02. The molecule has 2 aromatic carbocycles. The van der Waals surface area contributed by atoms with E-state index in [4.69, 9.17) is 18.9 Å². The molecule has 0 bridgehead atoms. The second-order valence-electron chi connectivity index (χ2n) is 6.31. The number of methoxy groups -OCH3 is 2. The van der Waals surface area contributed by atoms with Crippen molar-refractivity contribution < 1.29 is 28.5 Å². The summed E-state index contributed by atoms with van der Waals surface area (Å²) in [6.07, 6.45) is 3.61. The number of aryl methyl sites for hydroxylation is 1. The first-order valence-electron chi connectivity index (χ1n) is 9.26. The molecular weight excluding hydrogens is 404 g/mol. The Morgan fingerprint density at radius 2 is 1.57 bits per heavy atom. The van der Waals surface area contributed by atoms with Crippen LogP contribution < -0.4 is 14.2 Å². The van der Waals surface area contributed by atoms with Gasteiger partial charge in [0.25, 0.3) is 0 Å². The van der Waals surface area contributed by atoms with E-state index in [1.165, 1.54) is 18.4 Å². The molecule has 0 aliphatic heterocycles. The first-order chi connectivity index (χ1) is 14.5. The molecular formula is C23H22O6S. The molecule has 0 amide bonds. The molecule has 1 heterocycles. The summed E-state index contributed by atoms with van der Waals surface area (Å²) in [6.45, 7) is 7.12. The average molecular weight is 426 g/mol. The molecule has 1 aromatic heterocycles. The van der Waals surface area contributed by atoms with E-state index in [2.05, 4.69) is 13.2 Å². The van der Waals surface area contributed by atoms with Gasteiger partial charge in [-0.15, -0.1) is 11.3 Å². The molecule has 0 atom stereocenters. The van der Waals surface area contributed by atoms with Crippen LogP contribution in [0.25, 0.3) is 20.2 Å². The van der Waals surface area contributed by atoms with Crippen LogP contribution in [0.5, 0.6) is 17.2 Å². The maximum absolute atomic E-state index is 11.6. The first-order valence-corrected chi connectivity index (χ1v) is 10.1. The molecule has 0 aliphatic rings. The van der Waals surface area contributed by atoms with Gasteiger partial charge in [-0.2, -0.15) is 0 Å². The van der Waals surface area contributed by atoms with Gasteiger partial charge in [-0.25, -0.2) is 9.59 Å². The number of ether oxygens (including phenoxy) is 4. The minimum Gasteiger partial charge on any atom is -0.495 e. The molecule has 0 N–H and O–H groups in total. The van der Waals surface area contributed by atoms with Gasteiger partial charge in [-0.1, -0.05) is 25.3 Å². The zero-order valence-electron chi connectivity index (χ0n) is 16.9. The Labute approximate surface area is 178 Å². The maximum Gasteiger partial charge on any atom is 0.335 e. The van der Waals surface area contributed by atoms with Crippen LogP contribution in [0.1, 0.15) is 12.0 Å². The number of esters is 2. The van der Waals surface area contributed by atoms with Crippen molar-refractivity contribution >= 4 is 43.4 Å². The lowest BCUT2D eigenvalue weighted by molar-refractivity contribution is -0.137. The van der Waals surface area contributed by atoms with Crippen molar-refractivity contribution in [3.8, 4) is 17.2 Å². The second-order valence-corrected chi connectivity index (χ2v) is 7.33. The number of hydrogen-bond acceptors (Lipinski definition) is 7. The Morgan fingerprint density at radius 1 is 0.933 bits per heavy atom. The molecule has 0 saturated heterocycles. The summed E-state index contributed by atoms with van der Waals surface area (Å²) in [7, 11) is 3.17. The number of carbonyl (C=O) groups excluding carboxylic acids is 2. The topological polar surface area (TPSA) is 71.1 Å². The van der Waals surface area contributed by atoms with E-state index in [9.17, 15) is 9.59 Å². The Kier molecular flexibility index (Phi) is 6.74. The van der Waals surface area contributed by atoms with Gasteiger partial charge in [0.15, 0.2) is 11.5 Å². The van der Waals surface area contributed by atoms with Gasteiger partial charge in [-0.3, -0.25) is 0 Å². The molecule has 3 rings (SSSR count). The van der Waals surface area contributed by atoms with Crippen molar-refractivity contribution in [1.82, 2.24) is 0 Å². The minimum absolute atomic E-state index is 0.310. The summed E-state index contributed by atoms with van der Waals surface area (Å²) in [4.78, 5) is 22.8. The zero-order chi connectivity index (χ0) is 21.7. The fourth-order valence-corrected chi connectivity index (χ4v) is 4.58. The van der Waals surface area contributed by atoms with Crippen LogP contribution in [-0.4, -0.2) is 32.8 Å².